The van der Waals surface area contributed by atoms with E-state index in [1.807, 2.05) is 10.9 Å². The second kappa shape index (κ2) is 5.79. The van der Waals surface area contributed by atoms with Crippen molar-refractivity contribution in [2.75, 3.05) is 5.32 Å². The van der Waals surface area contributed by atoms with Crippen LogP contribution in [0.25, 0.3) is 0 Å². The number of anilines is 1. The third-order valence-electron chi connectivity index (χ3n) is 3.38. The Morgan fingerprint density at radius 2 is 1.90 bits per heavy atom. The predicted molar refractivity (Wildman–Crippen MR) is 90.2 cm³/mol. The van der Waals surface area contributed by atoms with Crippen LogP contribution in [0, 0.1) is 6.92 Å². The Labute approximate surface area is 131 Å². The fourth-order valence-electron chi connectivity index (χ4n) is 2.14. The van der Waals surface area contributed by atoms with Crippen molar-refractivity contribution in [2.45, 2.75) is 66.0 Å². The van der Waals surface area contributed by atoms with Gasteiger partial charge in [-0.15, -0.1) is 11.3 Å². The maximum atomic E-state index is 4.74. The Hall–Kier alpha value is -1.36. The summed E-state index contributed by atoms with van der Waals surface area (Å²) in [4.78, 5) is 6.04. The smallest absolute Gasteiger partial charge is 0.0985 e. The summed E-state index contributed by atoms with van der Waals surface area (Å²) in [7, 11) is 0. The highest BCUT2D eigenvalue weighted by molar-refractivity contribution is 7.12. The molecule has 2 aromatic rings. The van der Waals surface area contributed by atoms with Gasteiger partial charge in [-0.05, 0) is 27.7 Å². The maximum Gasteiger partial charge on any atom is 0.0985 e. The first-order chi connectivity index (χ1) is 9.68. The van der Waals surface area contributed by atoms with E-state index < -0.39 is 0 Å². The van der Waals surface area contributed by atoms with E-state index in [0.717, 1.165) is 11.4 Å². The highest BCUT2D eigenvalue weighted by Gasteiger charge is 2.22. The Bertz CT molecular complexity index is 604. The molecule has 1 unspecified atom stereocenters. The van der Waals surface area contributed by atoms with Crippen LogP contribution >= 0.6 is 11.3 Å². The average molecular weight is 306 g/mol. The van der Waals surface area contributed by atoms with Gasteiger partial charge in [0, 0.05) is 22.5 Å². The Balaban J connectivity index is 2.16. The highest BCUT2D eigenvalue weighted by atomic mass is 32.1. The first-order valence-electron chi connectivity index (χ1n) is 7.47. The van der Waals surface area contributed by atoms with E-state index in [9.17, 15) is 0 Å². The number of nitrogens with zero attached hydrogens (tertiary/aromatic N) is 3. The molecule has 0 saturated heterocycles. The SMILES string of the molecule is Cc1nc(C(C)(C)C)sc1C(C)Nc1cnn(C(C)C)c1. The minimum absolute atomic E-state index is 0.107. The molecular weight excluding hydrogens is 280 g/mol. The van der Waals surface area contributed by atoms with Crippen molar-refractivity contribution in [1.29, 1.82) is 0 Å². The molecular formula is C16H26N4S. The monoisotopic (exact) mass is 306 g/mol. The van der Waals surface area contributed by atoms with Crippen LogP contribution < -0.4 is 5.32 Å². The summed E-state index contributed by atoms with van der Waals surface area (Å²) in [5, 5.41) is 9.09. The largest absolute Gasteiger partial charge is 0.375 e. The van der Waals surface area contributed by atoms with Gasteiger partial charge in [0.25, 0.3) is 0 Å². The molecule has 0 aliphatic heterocycles. The van der Waals surface area contributed by atoms with Gasteiger partial charge in [-0.1, -0.05) is 20.8 Å². The molecule has 0 aromatic carbocycles. The lowest BCUT2D eigenvalue weighted by atomic mass is 9.98. The van der Waals surface area contributed by atoms with Crippen LogP contribution in [0.1, 0.15) is 69.2 Å². The van der Waals surface area contributed by atoms with E-state index in [2.05, 4.69) is 65.1 Å². The van der Waals surface area contributed by atoms with Crippen molar-refractivity contribution >= 4 is 17.0 Å². The minimum Gasteiger partial charge on any atom is -0.375 e. The van der Waals surface area contributed by atoms with Crippen LogP contribution in [0.4, 0.5) is 5.69 Å². The van der Waals surface area contributed by atoms with E-state index in [4.69, 9.17) is 4.98 Å². The molecule has 5 heteroatoms. The number of hydrogen-bond donors (Lipinski definition) is 1. The molecule has 0 saturated carbocycles. The van der Waals surface area contributed by atoms with Gasteiger partial charge in [-0.3, -0.25) is 4.68 Å². The van der Waals surface area contributed by atoms with E-state index in [1.165, 1.54) is 9.88 Å². The molecule has 2 heterocycles. The molecule has 1 atom stereocenters. The van der Waals surface area contributed by atoms with Gasteiger partial charge in [-0.25, -0.2) is 4.98 Å². The van der Waals surface area contributed by atoms with Gasteiger partial charge in [-0.2, -0.15) is 5.10 Å². The highest BCUT2D eigenvalue weighted by Crippen LogP contribution is 2.33. The molecule has 2 aromatic heterocycles. The molecule has 0 aliphatic rings. The molecule has 0 aliphatic carbocycles. The lowest BCUT2D eigenvalue weighted by Crippen LogP contribution is -2.10. The van der Waals surface area contributed by atoms with Gasteiger partial charge in [0.2, 0.25) is 0 Å². The molecule has 0 radical (unpaired) electrons. The van der Waals surface area contributed by atoms with Crippen LogP contribution in [0.15, 0.2) is 12.4 Å². The zero-order valence-electron chi connectivity index (χ0n) is 14.1. The Kier molecular flexibility index (Phi) is 4.42. The quantitative estimate of drug-likeness (QED) is 0.890. The summed E-state index contributed by atoms with van der Waals surface area (Å²) >= 11 is 1.81. The third kappa shape index (κ3) is 3.64. The predicted octanol–water partition coefficient (Wildman–Crippen LogP) is 4.70. The number of nitrogens with one attached hydrogen (secondary N) is 1. The topological polar surface area (TPSA) is 42.7 Å². The second-order valence-corrected chi connectivity index (χ2v) is 7.92. The van der Waals surface area contributed by atoms with Crippen LogP contribution in [0.3, 0.4) is 0 Å². The summed E-state index contributed by atoms with van der Waals surface area (Å²) in [6.07, 6.45) is 3.94. The summed E-state index contributed by atoms with van der Waals surface area (Å²) in [6, 6.07) is 0.622. The normalized spacial score (nSPS) is 13.7. The van der Waals surface area contributed by atoms with Crippen molar-refractivity contribution in [1.82, 2.24) is 14.8 Å². The molecule has 4 nitrogen and oxygen atoms in total. The van der Waals surface area contributed by atoms with Crippen LogP contribution in [-0.2, 0) is 5.41 Å². The molecule has 21 heavy (non-hydrogen) atoms. The van der Waals surface area contributed by atoms with E-state index in [1.54, 1.807) is 11.3 Å². The first-order valence-corrected chi connectivity index (χ1v) is 8.28. The summed E-state index contributed by atoms with van der Waals surface area (Å²) in [6.45, 7) is 15.2. The Morgan fingerprint density at radius 3 is 2.38 bits per heavy atom. The van der Waals surface area contributed by atoms with Crippen LogP contribution in [-0.4, -0.2) is 14.8 Å². The molecule has 0 amide bonds. The lowest BCUT2D eigenvalue weighted by molar-refractivity contribution is 0.532. The fraction of sp³-hybridized carbons (Fsp3) is 0.625. The van der Waals surface area contributed by atoms with Crippen molar-refractivity contribution in [2.24, 2.45) is 0 Å². The number of aryl methyl sites for hydroxylation is 1. The molecule has 0 fully saturated rings. The second-order valence-electron chi connectivity index (χ2n) is 6.89. The van der Waals surface area contributed by atoms with Gasteiger partial charge in [0.15, 0.2) is 0 Å². The average Bonchev–Trinajstić information content (AvgIpc) is 2.94. The zero-order chi connectivity index (χ0) is 15.8. The molecule has 1 N–H and O–H groups in total. The maximum absolute atomic E-state index is 4.74. The third-order valence-corrected chi connectivity index (χ3v) is 5.15. The first kappa shape index (κ1) is 16.0. The van der Waals surface area contributed by atoms with E-state index >= 15 is 0 Å². The molecule has 0 bridgehead atoms. The minimum atomic E-state index is 0.107. The lowest BCUT2D eigenvalue weighted by Gasteiger charge is -2.14. The summed E-state index contributed by atoms with van der Waals surface area (Å²) in [5.74, 6) is 0. The van der Waals surface area contributed by atoms with E-state index in [-0.39, 0.29) is 11.5 Å². The van der Waals surface area contributed by atoms with Crippen molar-refractivity contribution in [3.8, 4) is 0 Å². The van der Waals surface area contributed by atoms with Crippen molar-refractivity contribution in [3.05, 3.63) is 28.0 Å². The van der Waals surface area contributed by atoms with Gasteiger partial charge < -0.3 is 5.32 Å². The van der Waals surface area contributed by atoms with Crippen LogP contribution in [0.2, 0.25) is 0 Å². The van der Waals surface area contributed by atoms with Gasteiger partial charge >= 0.3 is 0 Å². The number of aromatic nitrogens is 3. The molecule has 0 spiro atoms. The molecule has 2 rings (SSSR count). The van der Waals surface area contributed by atoms with Crippen LogP contribution in [0.5, 0.6) is 0 Å². The van der Waals surface area contributed by atoms with Gasteiger partial charge in [0.05, 0.1) is 28.6 Å². The summed E-state index contributed by atoms with van der Waals surface area (Å²) < 4.78 is 1.97. The molecule has 116 valence electrons. The van der Waals surface area contributed by atoms with E-state index in [0.29, 0.717) is 6.04 Å². The Morgan fingerprint density at radius 1 is 1.24 bits per heavy atom. The van der Waals surface area contributed by atoms with Crippen molar-refractivity contribution in [3.63, 3.8) is 0 Å². The number of thiazole rings is 1. The van der Waals surface area contributed by atoms with Crippen molar-refractivity contribution < 1.29 is 0 Å². The fourth-order valence-corrected chi connectivity index (χ4v) is 3.27. The van der Waals surface area contributed by atoms with Gasteiger partial charge in [0.1, 0.15) is 0 Å². The standard InChI is InChI=1S/C16H26N4S/c1-10(2)20-9-13(8-17-20)18-11(3)14-12(4)19-15(21-14)16(5,6)7/h8-11,18H,1-7H3. The zero-order valence-corrected chi connectivity index (χ0v) is 14.9. The number of hydrogen-bond acceptors (Lipinski definition) is 4. The number of rotatable bonds is 4. The summed E-state index contributed by atoms with van der Waals surface area (Å²) in [5.41, 5.74) is 2.29.